The second-order valence-electron chi connectivity index (χ2n) is 9.70. The molecule has 0 amide bonds. The number of ether oxygens (including phenoxy) is 1. The van der Waals surface area contributed by atoms with Gasteiger partial charge in [-0.05, 0) is 49.1 Å². The maximum Gasteiger partial charge on any atom is 0.336 e. The van der Waals surface area contributed by atoms with Crippen molar-refractivity contribution >= 4 is 34.1 Å². The Hall–Kier alpha value is -3.35. The highest BCUT2D eigenvalue weighted by atomic mass is 31.2. The van der Waals surface area contributed by atoms with Gasteiger partial charge in [0.2, 0.25) is 0 Å². The van der Waals surface area contributed by atoms with Crippen LogP contribution in [0.5, 0.6) is 0 Å². The number of hydrogen-bond donors (Lipinski definition) is 0. The Kier molecular flexibility index (Phi) is 7.43. The third kappa shape index (κ3) is 5.19. The maximum atomic E-state index is 14.3. The van der Waals surface area contributed by atoms with Gasteiger partial charge in [-0.25, -0.2) is 4.79 Å². The zero-order valence-electron chi connectivity index (χ0n) is 20.9. The van der Waals surface area contributed by atoms with Crippen LogP contribution in [0.25, 0.3) is 0 Å². The van der Waals surface area contributed by atoms with E-state index in [-0.39, 0.29) is 11.9 Å². The summed E-state index contributed by atoms with van der Waals surface area (Å²) >= 11 is 0. The number of esters is 1. The highest BCUT2D eigenvalue weighted by molar-refractivity contribution is 7.96. The Morgan fingerprint density at radius 3 is 1.31 bits per heavy atom. The van der Waals surface area contributed by atoms with E-state index >= 15 is 0 Å². The summed E-state index contributed by atoms with van der Waals surface area (Å²) in [4.78, 5) is 14.3. The molecule has 4 rings (SSSR count). The molecule has 0 N–H and O–H groups in total. The summed E-state index contributed by atoms with van der Waals surface area (Å²) in [5.41, 5.74) is 0.485. The van der Waals surface area contributed by atoms with Crippen LogP contribution >= 0.6 is 6.89 Å². The molecule has 0 aliphatic carbocycles. The molecule has 0 aromatic heterocycles. The Labute approximate surface area is 209 Å². The SMILES string of the molecule is CC(C(C(=O)OC(C)(C)C)=P(c1ccccc1)(c1ccccc1)c1ccccc1)c1ccccc1. The van der Waals surface area contributed by atoms with E-state index < -0.39 is 12.5 Å². The summed E-state index contributed by atoms with van der Waals surface area (Å²) in [5, 5.41) is 4.23. The van der Waals surface area contributed by atoms with Gasteiger partial charge in [-0.2, -0.15) is 0 Å². The lowest BCUT2D eigenvalue weighted by molar-refractivity contribution is -0.146. The molecule has 3 heteroatoms. The van der Waals surface area contributed by atoms with Gasteiger partial charge < -0.3 is 4.74 Å². The Morgan fingerprint density at radius 2 is 0.971 bits per heavy atom. The third-order valence-electron chi connectivity index (χ3n) is 6.11. The van der Waals surface area contributed by atoms with E-state index in [1.807, 2.05) is 57.2 Å². The number of carbonyl (C=O) groups excluding carboxylic acids is 1. The normalized spacial score (nSPS) is 12.6. The smallest absolute Gasteiger partial charge is 0.336 e. The van der Waals surface area contributed by atoms with Crippen molar-refractivity contribution in [3.63, 3.8) is 0 Å². The topological polar surface area (TPSA) is 26.3 Å². The first-order chi connectivity index (χ1) is 16.8. The molecular formula is C32H33O2P. The number of carbonyl (C=O) groups is 1. The van der Waals surface area contributed by atoms with Crippen LogP contribution in [0.3, 0.4) is 0 Å². The van der Waals surface area contributed by atoms with Crippen molar-refractivity contribution in [2.45, 2.75) is 39.2 Å². The first-order valence-corrected chi connectivity index (χ1v) is 13.8. The lowest BCUT2D eigenvalue weighted by atomic mass is 9.97. The lowest BCUT2D eigenvalue weighted by Gasteiger charge is -2.35. The highest BCUT2D eigenvalue weighted by Gasteiger charge is 2.38. The molecule has 4 aromatic rings. The molecule has 0 saturated heterocycles. The minimum Gasteiger partial charge on any atom is -0.457 e. The van der Waals surface area contributed by atoms with E-state index in [1.165, 1.54) is 0 Å². The fraction of sp³-hybridized carbons (Fsp3) is 0.188. The van der Waals surface area contributed by atoms with Gasteiger partial charge in [0.1, 0.15) is 5.60 Å². The van der Waals surface area contributed by atoms with Crippen molar-refractivity contribution < 1.29 is 9.53 Å². The van der Waals surface area contributed by atoms with Crippen molar-refractivity contribution in [3.05, 3.63) is 127 Å². The standard InChI is InChI=1S/C32H33O2P/c1-25(26-17-9-5-10-18-26)30(31(33)34-32(2,3)4)35(27-19-11-6-12-20-27,28-21-13-7-14-22-28)29-23-15-8-16-24-29/h5-25H,1-4H3. The molecule has 1 atom stereocenters. The molecule has 178 valence electrons. The molecule has 2 nitrogen and oxygen atoms in total. The highest BCUT2D eigenvalue weighted by Crippen LogP contribution is 2.49. The monoisotopic (exact) mass is 480 g/mol. The van der Waals surface area contributed by atoms with Crippen LogP contribution in [0.1, 0.15) is 39.2 Å². The van der Waals surface area contributed by atoms with E-state index in [0.717, 1.165) is 26.8 Å². The first kappa shape index (κ1) is 24.8. The van der Waals surface area contributed by atoms with E-state index in [2.05, 4.69) is 91.9 Å². The van der Waals surface area contributed by atoms with Crippen LogP contribution in [0, 0.1) is 0 Å². The van der Waals surface area contributed by atoms with Gasteiger partial charge >= 0.3 is 5.97 Å². The van der Waals surface area contributed by atoms with Gasteiger partial charge in [0.05, 0.1) is 5.29 Å². The summed E-state index contributed by atoms with van der Waals surface area (Å²) < 4.78 is 6.16. The minimum atomic E-state index is -2.59. The Balaban J connectivity index is 2.24. The number of hydrogen-bond acceptors (Lipinski definition) is 2. The van der Waals surface area contributed by atoms with Crippen molar-refractivity contribution in [1.29, 1.82) is 0 Å². The van der Waals surface area contributed by atoms with Crippen LogP contribution < -0.4 is 15.9 Å². The van der Waals surface area contributed by atoms with Gasteiger partial charge in [0, 0.05) is 5.92 Å². The van der Waals surface area contributed by atoms with Gasteiger partial charge in [-0.15, -0.1) is 0 Å². The van der Waals surface area contributed by atoms with E-state index in [4.69, 9.17) is 4.74 Å². The van der Waals surface area contributed by atoms with Crippen molar-refractivity contribution in [3.8, 4) is 0 Å². The zero-order chi connectivity index (χ0) is 24.9. The van der Waals surface area contributed by atoms with Crippen LogP contribution in [0.4, 0.5) is 0 Å². The van der Waals surface area contributed by atoms with Crippen LogP contribution in [0.2, 0.25) is 0 Å². The molecule has 0 heterocycles. The molecule has 0 aliphatic rings. The fourth-order valence-electron chi connectivity index (χ4n) is 4.65. The van der Waals surface area contributed by atoms with Crippen LogP contribution in [-0.4, -0.2) is 16.9 Å². The van der Waals surface area contributed by atoms with Crippen molar-refractivity contribution in [1.82, 2.24) is 0 Å². The molecule has 0 radical (unpaired) electrons. The predicted molar refractivity (Wildman–Crippen MR) is 151 cm³/mol. The summed E-state index contributed by atoms with van der Waals surface area (Å²) in [7, 11) is 0. The quantitative estimate of drug-likeness (QED) is 0.239. The van der Waals surface area contributed by atoms with Gasteiger partial charge in [-0.1, -0.05) is 128 Å². The van der Waals surface area contributed by atoms with Gasteiger partial charge in [0.25, 0.3) is 0 Å². The van der Waals surface area contributed by atoms with E-state index in [0.29, 0.717) is 0 Å². The molecule has 35 heavy (non-hydrogen) atoms. The molecule has 0 saturated carbocycles. The summed E-state index contributed by atoms with van der Waals surface area (Å²) in [6, 6.07) is 41.7. The zero-order valence-corrected chi connectivity index (χ0v) is 21.8. The third-order valence-corrected chi connectivity index (χ3v) is 10.6. The van der Waals surface area contributed by atoms with E-state index in [1.54, 1.807) is 0 Å². The largest absolute Gasteiger partial charge is 0.457 e. The summed E-state index contributed by atoms with van der Waals surface area (Å²) in [5.74, 6) is -0.390. The summed E-state index contributed by atoms with van der Waals surface area (Å²) in [6.45, 7) is 5.35. The summed E-state index contributed by atoms with van der Waals surface area (Å²) in [6.07, 6.45) is 0. The first-order valence-electron chi connectivity index (χ1n) is 12.1. The molecule has 0 spiro atoms. The van der Waals surface area contributed by atoms with Crippen molar-refractivity contribution in [2.75, 3.05) is 0 Å². The minimum absolute atomic E-state index is 0.153. The molecule has 0 fully saturated rings. The Morgan fingerprint density at radius 1 is 0.629 bits per heavy atom. The second-order valence-corrected chi connectivity index (χ2v) is 13.1. The predicted octanol–water partition coefficient (Wildman–Crippen LogP) is 6.30. The van der Waals surface area contributed by atoms with Crippen molar-refractivity contribution in [2.24, 2.45) is 0 Å². The molecule has 0 bridgehead atoms. The average Bonchev–Trinajstić information content (AvgIpc) is 2.88. The van der Waals surface area contributed by atoms with Crippen LogP contribution in [-0.2, 0) is 9.53 Å². The molecule has 4 aromatic carbocycles. The van der Waals surface area contributed by atoms with Crippen LogP contribution in [0.15, 0.2) is 121 Å². The maximum absolute atomic E-state index is 14.3. The average molecular weight is 481 g/mol. The number of rotatable bonds is 6. The fourth-order valence-corrected chi connectivity index (χ4v) is 9.29. The van der Waals surface area contributed by atoms with Gasteiger partial charge in [-0.3, -0.25) is 0 Å². The molecular weight excluding hydrogens is 447 g/mol. The second kappa shape index (κ2) is 10.5. The molecule has 0 aliphatic heterocycles. The van der Waals surface area contributed by atoms with E-state index in [9.17, 15) is 4.79 Å². The lowest BCUT2D eigenvalue weighted by Crippen LogP contribution is -2.39. The number of benzene rings is 4. The molecule has 1 unspecified atom stereocenters. The van der Waals surface area contributed by atoms with Gasteiger partial charge in [0.15, 0.2) is 0 Å². The Bertz CT molecular complexity index is 1200.